The van der Waals surface area contributed by atoms with Gasteiger partial charge in [-0.3, -0.25) is 15.1 Å². The maximum Gasteiger partial charge on any atom is 0.345 e. The fourth-order valence-corrected chi connectivity index (χ4v) is 2.70. The van der Waals surface area contributed by atoms with Crippen molar-refractivity contribution in [2.45, 2.75) is 19.6 Å². The van der Waals surface area contributed by atoms with Crippen molar-refractivity contribution in [3.63, 3.8) is 0 Å². The molecule has 7 nitrogen and oxygen atoms in total. The van der Waals surface area contributed by atoms with E-state index in [2.05, 4.69) is 4.99 Å². The van der Waals surface area contributed by atoms with E-state index in [1.807, 2.05) is 19.6 Å². The Hall–Kier alpha value is -3.26. The molecule has 0 aliphatic rings. The van der Waals surface area contributed by atoms with Crippen molar-refractivity contribution in [3.05, 3.63) is 88.0 Å². The summed E-state index contributed by atoms with van der Waals surface area (Å²) in [5.41, 5.74) is 0.907. The fourth-order valence-electron chi connectivity index (χ4n) is 2.00. The molecular formula is C19H20N2O5Si. The molecule has 140 valence electrons. The molecule has 0 aliphatic heterocycles. The average Bonchev–Trinajstić information content (AvgIpc) is 2.61. The van der Waals surface area contributed by atoms with Gasteiger partial charge < -0.3 is 9.16 Å². The molecule has 0 aliphatic carbocycles. The highest BCUT2D eigenvalue weighted by Crippen LogP contribution is 2.15. The summed E-state index contributed by atoms with van der Waals surface area (Å²) in [6, 6.07) is 14.6. The molecule has 0 aromatic heterocycles. The average molecular weight is 384 g/mol. The van der Waals surface area contributed by atoms with E-state index in [0.29, 0.717) is 11.1 Å². The number of hydrogen-bond donors (Lipinski definition) is 0. The van der Waals surface area contributed by atoms with Crippen LogP contribution in [0.1, 0.15) is 15.9 Å². The lowest BCUT2D eigenvalue weighted by Crippen LogP contribution is -2.26. The summed E-state index contributed by atoms with van der Waals surface area (Å²) in [5.74, 6) is -0.560. The second-order valence-electron chi connectivity index (χ2n) is 6.55. The maximum absolute atomic E-state index is 12.2. The van der Waals surface area contributed by atoms with Gasteiger partial charge in [0.1, 0.15) is 6.20 Å². The fraction of sp³-hybridized carbons (Fsp3) is 0.158. The van der Waals surface area contributed by atoms with E-state index in [1.54, 1.807) is 42.5 Å². The van der Waals surface area contributed by atoms with Crippen LogP contribution in [0.5, 0.6) is 0 Å². The SMILES string of the molecule is C[Si](C)(C)O/C(=C\N=Cc1cccc([N+](=O)[O-])c1)OC(=O)c1ccccc1. The Kier molecular flexibility index (Phi) is 6.61. The van der Waals surface area contributed by atoms with Crippen LogP contribution >= 0.6 is 0 Å². The van der Waals surface area contributed by atoms with Crippen molar-refractivity contribution in [1.29, 1.82) is 0 Å². The van der Waals surface area contributed by atoms with Gasteiger partial charge in [0.25, 0.3) is 11.6 Å². The third-order valence-electron chi connectivity index (χ3n) is 3.09. The number of ether oxygens (including phenoxy) is 1. The Morgan fingerprint density at radius 3 is 2.44 bits per heavy atom. The molecule has 0 unspecified atom stereocenters. The predicted molar refractivity (Wildman–Crippen MR) is 105 cm³/mol. The molecule has 0 fully saturated rings. The number of hydrogen-bond acceptors (Lipinski definition) is 6. The topological polar surface area (TPSA) is 91.0 Å². The second-order valence-corrected chi connectivity index (χ2v) is 11.0. The number of nitro benzene ring substituents is 1. The Morgan fingerprint density at radius 1 is 1.11 bits per heavy atom. The first-order chi connectivity index (χ1) is 12.7. The molecule has 0 spiro atoms. The summed E-state index contributed by atoms with van der Waals surface area (Å²) in [5, 5.41) is 10.8. The summed E-state index contributed by atoms with van der Waals surface area (Å²) in [7, 11) is -2.05. The van der Waals surface area contributed by atoms with Gasteiger partial charge in [0.2, 0.25) is 8.32 Å². The maximum atomic E-state index is 12.2. The number of non-ortho nitro benzene ring substituents is 1. The molecule has 8 heteroatoms. The van der Waals surface area contributed by atoms with E-state index in [4.69, 9.17) is 9.16 Å². The summed E-state index contributed by atoms with van der Waals surface area (Å²) >= 11 is 0. The summed E-state index contributed by atoms with van der Waals surface area (Å²) < 4.78 is 11.1. The molecule has 0 radical (unpaired) electrons. The third-order valence-corrected chi connectivity index (χ3v) is 3.91. The highest BCUT2D eigenvalue weighted by atomic mass is 28.4. The summed E-state index contributed by atoms with van der Waals surface area (Å²) in [6.07, 6.45) is 2.72. The zero-order chi connectivity index (χ0) is 19.9. The molecule has 0 N–H and O–H groups in total. The number of benzene rings is 2. The molecule has 2 rings (SSSR count). The van der Waals surface area contributed by atoms with E-state index in [9.17, 15) is 14.9 Å². The molecule has 0 atom stereocenters. The monoisotopic (exact) mass is 384 g/mol. The van der Waals surface area contributed by atoms with Crippen LogP contribution in [0.2, 0.25) is 19.6 Å². The second kappa shape index (κ2) is 8.90. The van der Waals surface area contributed by atoms with Crippen molar-refractivity contribution in [2.75, 3.05) is 0 Å². The van der Waals surface area contributed by atoms with Crippen molar-refractivity contribution in [3.8, 4) is 0 Å². The molecule has 0 heterocycles. The van der Waals surface area contributed by atoms with Crippen molar-refractivity contribution >= 4 is 26.2 Å². The minimum atomic E-state index is -2.05. The molecule has 2 aromatic rings. The van der Waals surface area contributed by atoms with E-state index in [-0.39, 0.29) is 11.6 Å². The normalized spacial score (nSPS) is 12.0. The van der Waals surface area contributed by atoms with Crippen molar-refractivity contribution in [1.82, 2.24) is 0 Å². The highest BCUT2D eigenvalue weighted by molar-refractivity contribution is 6.70. The van der Waals surface area contributed by atoms with E-state index in [1.165, 1.54) is 24.5 Å². The Morgan fingerprint density at radius 2 is 1.81 bits per heavy atom. The largest absolute Gasteiger partial charge is 0.518 e. The lowest BCUT2D eigenvalue weighted by Gasteiger charge is -2.20. The van der Waals surface area contributed by atoms with Crippen LogP contribution in [0.15, 0.2) is 71.7 Å². The lowest BCUT2D eigenvalue weighted by molar-refractivity contribution is -0.384. The zero-order valence-electron chi connectivity index (χ0n) is 15.3. The molecule has 0 saturated heterocycles. The molecule has 0 amide bonds. The number of rotatable bonds is 7. The number of nitro groups is 1. The van der Waals surface area contributed by atoms with Gasteiger partial charge in [0, 0.05) is 18.3 Å². The Balaban J connectivity index is 2.19. The standard InChI is InChI=1S/C19H20N2O5Si/c1-27(2,3)26-18(25-19(22)16-9-5-4-6-10-16)14-20-13-15-8-7-11-17(12-15)21(23)24/h4-14H,1-3H3/b18-14-,20-13?. The van der Waals surface area contributed by atoms with Gasteiger partial charge in [0.15, 0.2) is 0 Å². The van der Waals surface area contributed by atoms with Gasteiger partial charge >= 0.3 is 5.97 Å². The Bertz CT molecular complexity index is 873. The summed E-state index contributed by atoms with van der Waals surface area (Å²) in [4.78, 5) is 26.7. The number of esters is 1. The van der Waals surface area contributed by atoms with Crippen LogP contribution in [-0.4, -0.2) is 25.4 Å². The number of carbonyl (C=O) groups excluding carboxylic acids is 1. The minimum absolute atomic E-state index is 0.00954. The first-order valence-electron chi connectivity index (χ1n) is 8.19. The van der Waals surface area contributed by atoms with Crippen molar-refractivity contribution < 1.29 is 18.9 Å². The number of carbonyl (C=O) groups is 1. The predicted octanol–water partition coefficient (Wildman–Crippen LogP) is 4.52. The molecule has 27 heavy (non-hydrogen) atoms. The minimum Gasteiger partial charge on any atom is -0.518 e. The van der Waals surface area contributed by atoms with Crippen molar-refractivity contribution in [2.24, 2.45) is 4.99 Å². The van der Waals surface area contributed by atoms with Gasteiger partial charge in [-0.15, -0.1) is 0 Å². The van der Waals surface area contributed by atoms with Crippen LogP contribution in [0.4, 0.5) is 5.69 Å². The van der Waals surface area contributed by atoms with Crippen LogP contribution < -0.4 is 0 Å². The lowest BCUT2D eigenvalue weighted by atomic mass is 10.2. The number of aliphatic imine (C=N–C) groups is 1. The van der Waals surface area contributed by atoms with Gasteiger partial charge in [-0.25, -0.2) is 4.79 Å². The first kappa shape index (κ1) is 20.1. The highest BCUT2D eigenvalue weighted by Gasteiger charge is 2.21. The van der Waals surface area contributed by atoms with Crippen LogP contribution in [0, 0.1) is 10.1 Å². The summed E-state index contributed by atoms with van der Waals surface area (Å²) in [6.45, 7) is 5.84. The van der Waals surface area contributed by atoms with Gasteiger partial charge in [-0.2, -0.15) is 0 Å². The van der Waals surface area contributed by atoms with Crippen LogP contribution in [0.25, 0.3) is 0 Å². The first-order valence-corrected chi connectivity index (χ1v) is 11.6. The van der Waals surface area contributed by atoms with Gasteiger partial charge in [-0.1, -0.05) is 30.3 Å². The molecule has 0 bridgehead atoms. The van der Waals surface area contributed by atoms with E-state index < -0.39 is 19.2 Å². The number of nitrogens with zero attached hydrogens (tertiary/aromatic N) is 2. The van der Waals surface area contributed by atoms with Gasteiger partial charge in [0.05, 0.1) is 10.5 Å². The molecule has 0 saturated carbocycles. The molecular weight excluding hydrogens is 364 g/mol. The van der Waals surface area contributed by atoms with Gasteiger partial charge in [-0.05, 0) is 37.3 Å². The third kappa shape index (κ3) is 6.87. The Labute approximate surface area is 158 Å². The zero-order valence-corrected chi connectivity index (χ0v) is 16.3. The van der Waals surface area contributed by atoms with E-state index in [0.717, 1.165) is 0 Å². The van der Waals surface area contributed by atoms with Crippen LogP contribution in [0.3, 0.4) is 0 Å². The smallest absolute Gasteiger partial charge is 0.345 e. The van der Waals surface area contributed by atoms with E-state index >= 15 is 0 Å². The quantitative estimate of drug-likeness (QED) is 0.175. The molecule has 2 aromatic carbocycles. The van der Waals surface area contributed by atoms with Crippen LogP contribution in [-0.2, 0) is 9.16 Å².